The second-order valence-corrected chi connectivity index (χ2v) is 9.08. The maximum atomic E-state index is 13.8. The molecule has 0 aliphatic carbocycles. The van der Waals surface area contributed by atoms with Crippen molar-refractivity contribution in [2.75, 3.05) is 16.6 Å². The highest BCUT2D eigenvalue weighted by molar-refractivity contribution is 7.92. The van der Waals surface area contributed by atoms with Crippen molar-refractivity contribution in [2.45, 2.75) is 36.9 Å². The van der Waals surface area contributed by atoms with E-state index in [1.807, 2.05) is 0 Å². The van der Waals surface area contributed by atoms with Crippen LogP contribution in [0.4, 0.5) is 24.8 Å². The summed E-state index contributed by atoms with van der Waals surface area (Å²) in [5, 5.41) is 2.86. The van der Waals surface area contributed by atoms with E-state index < -0.39 is 21.8 Å². The van der Waals surface area contributed by atoms with Crippen LogP contribution in [0.25, 0.3) is 11.3 Å². The summed E-state index contributed by atoms with van der Waals surface area (Å²) in [5.41, 5.74) is -0.147. The first kappa shape index (κ1) is 22.1. The minimum absolute atomic E-state index is 0.213. The number of rotatable bonds is 0. The van der Waals surface area contributed by atoms with Gasteiger partial charge in [-0.05, 0) is 49.1 Å². The molecule has 168 valence electrons. The van der Waals surface area contributed by atoms with Gasteiger partial charge in [-0.1, -0.05) is 36.8 Å². The third kappa shape index (κ3) is 4.85. The molecule has 32 heavy (non-hydrogen) atoms. The number of aromatic nitrogens is 2. The van der Waals surface area contributed by atoms with Crippen molar-refractivity contribution in [2.24, 2.45) is 0 Å². The van der Waals surface area contributed by atoms with E-state index in [2.05, 4.69) is 20.0 Å². The first-order valence-electron chi connectivity index (χ1n) is 10.1. The van der Waals surface area contributed by atoms with Crippen molar-refractivity contribution in [3.8, 4) is 11.3 Å². The third-order valence-corrected chi connectivity index (χ3v) is 6.40. The molecule has 0 spiro atoms. The fourth-order valence-electron chi connectivity index (χ4n) is 3.61. The number of halogens is 3. The molecule has 10 heteroatoms. The van der Waals surface area contributed by atoms with Crippen LogP contribution in [-0.4, -0.2) is 24.9 Å². The summed E-state index contributed by atoms with van der Waals surface area (Å²) in [6.45, 7) is 0.602. The summed E-state index contributed by atoms with van der Waals surface area (Å²) in [4.78, 5) is 8.21. The van der Waals surface area contributed by atoms with Gasteiger partial charge in [-0.2, -0.15) is 21.6 Å². The largest absolute Gasteiger partial charge is 0.418 e. The molecule has 0 atom stereocenters. The van der Waals surface area contributed by atoms with Crippen molar-refractivity contribution in [1.82, 2.24) is 9.97 Å². The van der Waals surface area contributed by atoms with Gasteiger partial charge in [0.1, 0.15) is 11.6 Å². The topological polar surface area (TPSA) is 84.0 Å². The number of benzene rings is 1. The summed E-state index contributed by atoms with van der Waals surface area (Å²) in [6, 6.07) is 13.2. The molecule has 4 bridgehead atoms. The lowest BCUT2D eigenvalue weighted by molar-refractivity contribution is -0.137. The fraction of sp³-hybridized carbons (Fsp3) is 0.273. The monoisotopic (exact) mass is 462 g/mol. The summed E-state index contributed by atoms with van der Waals surface area (Å²) in [5.74, 6) is 0.196. The van der Waals surface area contributed by atoms with Gasteiger partial charge in [-0.25, -0.2) is 9.97 Å². The molecule has 0 radical (unpaired) electrons. The van der Waals surface area contributed by atoms with Gasteiger partial charge < -0.3 is 5.32 Å². The summed E-state index contributed by atoms with van der Waals surface area (Å²) in [7, 11) is -4.15. The Hall–Kier alpha value is -3.14. The third-order valence-electron chi connectivity index (χ3n) is 5.14. The molecule has 1 aliphatic rings. The smallest absolute Gasteiger partial charge is 0.370 e. The lowest BCUT2D eigenvalue weighted by Gasteiger charge is -2.17. The van der Waals surface area contributed by atoms with E-state index in [-0.39, 0.29) is 16.5 Å². The predicted octanol–water partition coefficient (Wildman–Crippen LogP) is 5.10. The predicted molar refractivity (Wildman–Crippen MR) is 116 cm³/mol. The molecular weight excluding hydrogens is 441 g/mol. The van der Waals surface area contributed by atoms with Crippen LogP contribution in [0, 0.1) is 0 Å². The second-order valence-electron chi connectivity index (χ2n) is 7.45. The minimum atomic E-state index is -4.64. The maximum Gasteiger partial charge on any atom is 0.418 e. The highest BCUT2D eigenvalue weighted by Crippen LogP contribution is 2.38. The number of fused-ring (bicyclic) bond motifs is 6. The lowest BCUT2D eigenvalue weighted by Crippen LogP contribution is -2.17. The van der Waals surface area contributed by atoms with E-state index >= 15 is 0 Å². The zero-order valence-corrected chi connectivity index (χ0v) is 17.8. The van der Waals surface area contributed by atoms with Crippen molar-refractivity contribution in [3.63, 3.8) is 0 Å². The van der Waals surface area contributed by atoms with Crippen LogP contribution in [0.3, 0.4) is 0 Å². The molecule has 3 aromatic rings. The summed E-state index contributed by atoms with van der Waals surface area (Å²) in [6.07, 6.45) is -1.62. The van der Waals surface area contributed by atoms with Crippen molar-refractivity contribution in [1.29, 1.82) is 0 Å². The van der Waals surface area contributed by atoms with Gasteiger partial charge in [0.2, 0.25) is 0 Å². The maximum absolute atomic E-state index is 13.8. The number of anilines is 2. The number of pyridine rings is 2. The van der Waals surface area contributed by atoms with E-state index in [1.165, 1.54) is 6.07 Å². The highest BCUT2D eigenvalue weighted by Gasteiger charge is 2.35. The van der Waals surface area contributed by atoms with Crippen LogP contribution in [0.15, 0.2) is 59.6 Å². The Morgan fingerprint density at radius 1 is 0.844 bits per heavy atom. The molecule has 1 aliphatic heterocycles. The lowest BCUT2D eigenvalue weighted by atomic mass is 9.96. The van der Waals surface area contributed by atoms with Crippen LogP contribution < -0.4 is 10.0 Å². The van der Waals surface area contributed by atoms with Gasteiger partial charge >= 0.3 is 6.18 Å². The number of alkyl halides is 3. The first-order valence-corrected chi connectivity index (χ1v) is 11.6. The Morgan fingerprint density at radius 2 is 1.66 bits per heavy atom. The molecule has 0 saturated carbocycles. The van der Waals surface area contributed by atoms with E-state index in [9.17, 15) is 21.6 Å². The van der Waals surface area contributed by atoms with Crippen LogP contribution >= 0.6 is 0 Å². The van der Waals surface area contributed by atoms with Crippen LogP contribution in [-0.2, 0) is 22.6 Å². The Kier molecular flexibility index (Phi) is 6.05. The average molecular weight is 462 g/mol. The zero-order chi connectivity index (χ0) is 22.8. The van der Waals surface area contributed by atoms with Gasteiger partial charge in [-0.15, -0.1) is 0 Å². The molecule has 3 heterocycles. The van der Waals surface area contributed by atoms with Gasteiger partial charge in [0.05, 0.1) is 11.3 Å². The number of aryl methyl sites for hydroxylation is 1. The molecule has 4 rings (SSSR count). The zero-order valence-electron chi connectivity index (χ0n) is 17.0. The molecule has 2 aromatic heterocycles. The summed E-state index contributed by atoms with van der Waals surface area (Å²) >= 11 is 0. The molecule has 1 aromatic carbocycles. The molecule has 0 amide bonds. The quantitative estimate of drug-likeness (QED) is 0.486. The highest BCUT2D eigenvalue weighted by atomic mass is 32.2. The molecule has 6 nitrogen and oxygen atoms in total. The van der Waals surface area contributed by atoms with Gasteiger partial charge in [0.15, 0.2) is 5.03 Å². The Morgan fingerprint density at radius 3 is 2.47 bits per heavy atom. The van der Waals surface area contributed by atoms with Crippen molar-refractivity contribution < 1.29 is 21.6 Å². The number of sulfonamides is 1. The summed E-state index contributed by atoms with van der Waals surface area (Å²) < 4.78 is 69.2. The fourth-order valence-corrected chi connectivity index (χ4v) is 4.58. The van der Waals surface area contributed by atoms with Crippen molar-refractivity contribution >= 4 is 21.7 Å². The molecule has 2 N–H and O–H groups in total. The van der Waals surface area contributed by atoms with Gasteiger partial charge in [0, 0.05) is 12.1 Å². The Bertz CT molecular complexity index is 1230. The van der Waals surface area contributed by atoms with E-state index in [0.717, 1.165) is 37.0 Å². The molecular formula is C22H21F3N4O2S. The first-order chi connectivity index (χ1) is 15.2. The standard InChI is InChI=1S/C22H21F3N4O2S/c23-22(24,25)17-12-13-19-28-21(17)16-9-4-3-8-15(16)7-2-1-5-14-26-18-10-6-11-20(27-18)32(30,31)29-19/h3-4,6,8-13H,1-2,5,7,14H2,(H,26,27)(H,28,29). The van der Waals surface area contributed by atoms with Gasteiger partial charge in [-0.3, -0.25) is 4.72 Å². The number of nitrogens with zero attached hydrogens (tertiary/aromatic N) is 2. The van der Waals surface area contributed by atoms with E-state index in [0.29, 0.717) is 24.3 Å². The number of nitrogens with one attached hydrogen (secondary N) is 2. The van der Waals surface area contributed by atoms with Crippen LogP contribution in [0.1, 0.15) is 30.4 Å². The number of hydrogen-bond donors (Lipinski definition) is 2. The molecule has 0 saturated heterocycles. The Labute approximate surface area is 184 Å². The van der Waals surface area contributed by atoms with E-state index in [4.69, 9.17) is 0 Å². The minimum Gasteiger partial charge on any atom is -0.370 e. The van der Waals surface area contributed by atoms with Crippen LogP contribution in [0.2, 0.25) is 0 Å². The van der Waals surface area contributed by atoms with Crippen molar-refractivity contribution in [3.05, 3.63) is 65.7 Å². The van der Waals surface area contributed by atoms with Gasteiger partial charge in [0.25, 0.3) is 10.0 Å². The average Bonchev–Trinajstić information content (AvgIpc) is 2.75. The molecule has 0 unspecified atom stereocenters. The normalized spacial score (nSPS) is 16.3. The SMILES string of the molecule is O=S1(=O)Nc2ccc(C(F)(F)F)c(n2)-c2ccccc2CCCCCNc2cccc1n2. The van der Waals surface area contributed by atoms with E-state index in [1.54, 1.807) is 36.4 Å². The second kappa shape index (κ2) is 8.78. The Balaban J connectivity index is 1.86. The number of hydrogen-bond acceptors (Lipinski definition) is 5. The van der Waals surface area contributed by atoms with Crippen LogP contribution in [0.5, 0.6) is 0 Å². The molecule has 0 fully saturated rings.